The first kappa shape index (κ1) is 13.6. The fourth-order valence-corrected chi connectivity index (χ4v) is 3.01. The predicted octanol–water partition coefficient (Wildman–Crippen LogP) is 1.86. The number of hydrogen-bond donors (Lipinski definition) is 2. The molecule has 0 aromatic carbocycles. The van der Waals surface area contributed by atoms with Crippen LogP contribution in [-0.4, -0.2) is 41.7 Å². The molecule has 0 spiro atoms. The van der Waals surface area contributed by atoms with Crippen molar-refractivity contribution in [3.05, 3.63) is 23.2 Å². The number of carbonyl (C=O) groups is 1. The van der Waals surface area contributed by atoms with E-state index < -0.39 is 5.97 Å². The van der Waals surface area contributed by atoms with Crippen molar-refractivity contribution in [2.75, 3.05) is 19.6 Å². The third kappa shape index (κ3) is 3.04. The van der Waals surface area contributed by atoms with Crippen LogP contribution in [0.5, 0.6) is 0 Å². The first-order chi connectivity index (χ1) is 9.63. The van der Waals surface area contributed by atoms with Crippen molar-refractivity contribution in [3.63, 3.8) is 0 Å². The van der Waals surface area contributed by atoms with Crippen molar-refractivity contribution in [3.8, 4) is 0 Å². The number of likely N-dealkylation sites (tertiary alicyclic amines) is 1. The molecule has 0 bridgehead atoms. The van der Waals surface area contributed by atoms with E-state index in [0.29, 0.717) is 12.3 Å². The van der Waals surface area contributed by atoms with Crippen LogP contribution in [-0.2, 0) is 6.54 Å². The number of aromatic carboxylic acids is 1. The minimum Gasteiger partial charge on any atom is -0.475 e. The second-order valence-electron chi connectivity index (χ2n) is 6.01. The Morgan fingerprint density at radius 3 is 2.95 bits per heavy atom. The lowest BCUT2D eigenvalue weighted by Crippen LogP contribution is -2.27. The van der Waals surface area contributed by atoms with E-state index in [0.717, 1.165) is 24.1 Å². The van der Waals surface area contributed by atoms with Gasteiger partial charge < -0.3 is 19.7 Å². The molecule has 110 valence electrons. The second-order valence-corrected chi connectivity index (χ2v) is 6.01. The van der Waals surface area contributed by atoms with Crippen molar-refractivity contribution >= 4 is 5.97 Å². The zero-order chi connectivity index (χ0) is 14.1. The molecule has 1 aliphatic carbocycles. The standard InChI is InChI=1S/C15H22N2O3/c1-10-12(6-14(20-10)15(18)19)8-16-7-11-4-5-17(9-11)13-2-3-13/h6,11,13,16H,2-5,7-9H2,1H3,(H,18,19). The van der Waals surface area contributed by atoms with Crippen molar-refractivity contribution in [2.45, 2.75) is 38.8 Å². The SMILES string of the molecule is Cc1oc(C(=O)O)cc1CNCC1CCN(C2CC2)C1. The molecule has 1 aliphatic heterocycles. The summed E-state index contributed by atoms with van der Waals surface area (Å²) in [4.78, 5) is 13.4. The first-order valence-corrected chi connectivity index (χ1v) is 7.41. The van der Waals surface area contributed by atoms with E-state index in [1.165, 1.54) is 32.4 Å². The van der Waals surface area contributed by atoms with E-state index in [-0.39, 0.29) is 5.76 Å². The highest BCUT2D eigenvalue weighted by Crippen LogP contribution is 2.31. The third-order valence-corrected chi connectivity index (χ3v) is 4.36. The number of aryl methyl sites for hydroxylation is 1. The number of rotatable bonds is 6. The molecule has 0 radical (unpaired) electrons. The van der Waals surface area contributed by atoms with Gasteiger partial charge in [0.05, 0.1) is 0 Å². The van der Waals surface area contributed by atoms with Crippen LogP contribution in [0.25, 0.3) is 0 Å². The summed E-state index contributed by atoms with van der Waals surface area (Å²) in [5, 5.41) is 12.3. The number of nitrogens with zero attached hydrogens (tertiary/aromatic N) is 1. The lowest BCUT2D eigenvalue weighted by atomic mass is 10.1. The number of carboxylic acid groups (broad SMARTS) is 1. The summed E-state index contributed by atoms with van der Waals surface area (Å²) in [6, 6.07) is 2.49. The minimum absolute atomic E-state index is 0.0278. The molecule has 1 saturated carbocycles. The van der Waals surface area contributed by atoms with Crippen molar-refractivity contribution in [2.24, 2.45) is 5.92 Å². The number of furan rings is 1. The highest BCUT2D eigenvalue weighted by Gasteiger charge is 2.34. The van der Waals surface area contributed by atoms with Crippen LogP contribution in [0.1, 0.15) is 41.1 Å². The van der Waals surface area contributed by atoms with Crippen LogP contribution in [0, 0.1) is 12.8 Å². The molecule has 3 rings (SSSR count). The summed E-state index contributed by atoms with van der Waals surface area (Å²) < 4.78 is 5.21. The van der Waals surface area contributed by atoms with Crippen LogP contribution < -0.4 is 5.32 Å². The molecule has 2 aliphatic rings. The highest BCUT2D eigenvalue weighted by atomic mass is 16.4. The van der Waals surface area contributed by atoms with Gasteiger partial charge in [-0.3, -0.25) is 0 Å². The van der Waals surface area contributed by atoms with Gasteiger partial charge in [0.25, 0.3) is 0 Å². The Morgan fingerprint density at radius 1 is 1.50 bits per heavy atom. The predicted molar refractivity (Wildman–Crippen MR) is 74.8 cm³/mol. The van der Waals surface area contributed by atoms with Gasteiger partial charge in [0.15, 0.2) is 0 Å². The van der Waals surface area contributed by atoms with E-state index in [9.17, 15) is 4.79 Å². The Labute approximate surface area is 118 Å². The van der Waals surface area contributed by atoms with E-state index in [4.69, 9.17) is 9.52 Å². The van der Waals surface area contributed by atoms with Crippen LogP contribution in [0.2, 0.25) is 0 Å². The molecule has 20 heavy (non-hydrogen) atoms. The Balaban J connectivity index is 1.44. The van der Waals surface area contributed by atoms with Gasteiger partial charge in [-0.05, 0) is 51.3 Å². The molecule has 1 unspecified atom stereocenters. The van der Waals surface area contributed by atoms with Gasteiger partial charge in [-0.1, -0.05) is 0 Å². The average molecular weight is 278 g/mol. The molecule has 5 nitrogen and oxygen atoms in total. The molecule has 5 heteroatoms. The second kappa shape index (κ2) is 5.58. The first-order valence-electron chi connectivity index (χ1n) is 7.41. The summed E-state index contributed by atoms with van der Waals surface area (Å²) in [5.74, 6) is 0.443. The Bertz CT molecular complexity index is 493. The number of hydrogen-bond acceptors (Lipinski definition) is 4. The lowest BCUT2D eigenvalue weighted by molar-refractivity contribution is 0.0661. The lowest BCUT2D eigenvalue weighted by Gasteiger charge is -2.15. The van der Waals surface area contributed by atoms with Gasteiger partial charge in [0.2, 0.25) is 5.76 Å². The fourth-order valence-electron chi connectivity index (χ4n) is 3.01. The van der Waals surface area contributed by atoms with Gasteiger partial charge in [-0.25, -0.2) is 4.79 Å². The van der Waals surface area contributed by atoms with Crippen LogP contribution in [0.15, 0.2) is 10.5 Å². The average Bonchev–Trinajstić information content (AvgIpc) is 3.04. The molecule has 0 amide bonds. The van der Waals surface area contributed by atoms with E-state index in [1.807, 2.05) is 6.92 Å². The van der Waals surface area contributed by atoms with Crippen LogP contribution >= 0.6 is 0 Å². The maximum Gasteiger partial charge on any atom is 0.371 e. The normalized spacial score (nSPS) is 23.4. The monoisotopic (exact) mass is 278 g/mol. The quantitative estimate of drug-likeness (QED) is 0.831. The van der Waals surface area contributed by atoms with Gasteiger partial charge in [-0.15, -0.1) is 0 Å². The minimum atomic E-state index is -1.00. The van der Waals surface area contributed by atoms with Crippen molar-refractivity contribution in [1.29, 1.82) is 0 Å². The number of nitrogens with one attached hydrogen (secondary N) is 1. The summed E-state index contributed by atoms with van der Waals surface area (Å²) in [7, 11) is 0. The van der Waals surface area contributed by atoms with Gasteiger partial charge in [0.1, 0.15) is 5.76 Å². The zero-order valence-electron chi connectivity index (χ0n) is 11.9. The third-order valence-electron chi connectivity index (χ3n) is 4.36. The highest BCUT2D eigenvalue weighted by molar-refractivity contribution is 5.84. The zero-order valence-corrected chi connectivity index (χ0v) is 11.9. The van der Waals surface area contributed by atoms with Crippen molar-refractivity contribution < 1.29 is 14.3 Å². The largest absolute Gasteiger partial charge is 0.475 e. The molecule has 1 saturated heterocycles. The van der Waals surface area contributed by atoms with Crippen molar-refractivity contribution in [1.82, 2.24) is 10.2 Å². The Hall–Kier alpha value is -1.33. The summed E-state index contributed by atoms with van der Waals surface area (Å²) >= 11 is 0. The number of carboxylic acids is 1. The molecule has 1 atom stereocenters. The van der Waals surface area contributed by atoms with Gasteiger partial charge in [0, 0.05) is 24.7 Å². The Morgan fingerprint density at radius 2 is 2.30 bits per heavy atom. The molecule has 1 aromatic rings. The molecule has 1 aromatic heterocycles. The smallest absolute Gasteiger partial charge is 0.371 e. The molecule has 2 heterocycles. The maximum absolute atomic E-state index is 10.8. The van der Waals surface area contributed by atoms with Gasteiger partial charge >= 0.3 is 5.97 Å². The maximum atomic E-state index is 10.8. The van der Waals surface area contributed by atoms with E-state index in [2.05, 4.69) is 10.2 Å². The fraction of sp³-hybridized carbons (Fsp3) is 0.667. The molecular formula is C15H22N2O3. The molecular weight excluding hydrogens is 256 g/mol. The Kier molecular flexibility index (Phi) is 3.81. The van der Waals surface area contributed by atoms with Crippen LogP contribution in [0.3, 0.4) is 0 Å². The summed E-state index contributed by atoms with van der Waals surface area (Å²) in [6.45, 7) is 5.94. The van der Waals surface area contributed by atoms with Crippen LogP contribution in [0.4, 0.5) is 0 Å². The topological polar surface area (TPSA) is 65.7 Å². The van der Waals surface area contributed by atoms with E-state index >= 15 is 0 Å². The molecule has 2 N–H and O–H groups in total. The summed E-state index contributed by atoms with van der Waals surface area (Å²) in [5.41, 5.74) is 0.944. The van der Waals surface area contributed by atoms with Gasteiger partial charge in [-0.2, -0.15) is 0 Å². The van der Waals surface area contributed by atoms with E-state index in [1.54, 1.807) is 6.07 Å². The summed E-state index contributed by atoms with van der Waals surface area (Å²) in [6.07, 6.45) is 4.03. The molecule has 2 fully saturated rings.